The predicted molar refractivity (Wildman–Crippen MR) is 227 cm³/mol. The summed E-state index contributed by atoms with van der Waals surface area (Å²) < 4.78 is 0. The average Bonchev–Trinajstić information content (AvgIpc) is 3.11. The number of halogens is 1. The zero-order valence-electron chi connectivity index (χ0n) is 34.7. The van der Waals surface area contributed by atoms with Gasteiger partial charge in [0.1, 0.15) is 0 Å². The van der Waals surface area contributed by atoms with Crippen molar-refractivity contribution in [2.24, 2.45) is 0 Å². The molecule has 0 aromatic heterocycles. The number of hydrogen-bond acceptors (Lipinski definition) is 3. The fraction of sp³-hybridized carbons (Fsp3) is 0.844. The second-order valence-corrected chi connectivity index (χ2v) is 15.7. The molecular formula is C45H84BrN3O2. The minimum Gasteiger partial charge on any atom is -0.340 e. The molecule has 0 aliphatic heterocycles. The van der Waals surface area contributed by atoms with E-state index in [2.05, 4.69) is 97.6 Å². The number of alkyl halides is 1. The molecule has 0 spiro atoms. The zero-order valence-corrected chi connectivity index (χ0v) is 36.3. The molecule has 0 aliphatic rings. The Kier molecular flexibility index (Phi) is 41.6. The summed E-state index contributed by atoms with van der Waals surface area (Å²) in [5, 5.41) is 9.62. The highest BCUT2D eigenvalue weighted by Gasteiger charge is 2.16. The highest BCUT2D eigenvalue weighted by Crippen LogP contribution is 2.13. The van der Waals surface area contributed by atoms with Crippen molar-refractivity contribution in [3.8, 4) is 6.07 Å². The molecule has 0 aromatic rings. The normalized spacial score (nSPS) is 11.4. The van der Waals surface area contributed by atoms with Crippen LogP contribution in [0.5, 0.6) is 0 Å². The van der Waals surface area contributed by atoms with Gasteiger partial charge in [0.25, 0.3) is 0 Å². The van der Waals surface area contributed by atoms with Gasteiger partial charge in [-0.2, -0.15) is 5.26 Å². The molecule has 0 N–H and O–H groups in total. The molecule has 0 aromatic carbocycles. The summed E-state index contributed by atoms with van der Waals surface area (Å²) in [5.74, 6) is 0.688. The quantitative estimate of drug-likeness (QED) is 0.0371. The van der Waals surface area contributed by atoms with Crippen molar-refractivity contribution >= 4 is 27.7 Å². The lowest BCUT2D eigenvalue weighted by Crippen LogP contribution is -2.37. The van der Waals surface area contributed by atoms with Crippen LogP contribution in [0.15, 0.2) is 24.3 Å². The monoisotopic (exact) mass is 778 g/mol. The smallest absolute Gasteiger partial charge is 0.222 e. The van der Waals surface area contributed by atoms with E-state index in [1.807, 2.05) is 0 Å². The summed E-state index contributed by atoms with van der Waals surface area (Å²) in [7, 11) is 0. The van der Waals surface area contributed by atoms with E-state index in [-0.39, 0.29) is 0 Å². The maximum Gasteiger partial charge on any atom is 0.222 e. The van der Waals surface area contributed by atoms with Gasteiger partial charge in [0.15, 0.2) is 0 Å². The van der Waals surface area contributed by atoms with Gasteiger partial charge >= 0.3 is 0 Å². The number of amides is 2. The molecule has 0 atom stereocenters. The first kappa shape index (κ1) is 51.5. The second kappa shape index (κ2) is 41.2. The van der Waals surface area contributed by atoms with Gasteiger partial charge in [-0.15, -0.1) is 0 Å². The number of allylic oxidation sites excluding steroid dienone is 4. The minimum atomic E-state index is 0.310. The van der Waals surface area contributed by atoms with Gasteiger partial charge in [0.05, 0.1) is 6.07 Å². The maximum absolute atomic E-state index is 12.4. The Bertz CT molecular complexity index is 864. The number of carbonyl (C=O) groups excluding carboxylic acids is 2. The number of carbonyl (C=O) groups is 2. The first-order valence-corrected chi connectivity index (χ1v) is 22.7. The molecule has 0 radical (unpaired) electrons. The summed E-state index contributed by atoms with van der Waals surface area (Å²) >= 11 is 3.48. The Morgan fingerprint density at radius 3 is 1.24 bits per heavy atom. The molecule has 0 aliphatic carbocycles. The second-order valence-electron chi connectivity index (χ2n) is 14.9. The van der Waals surface area contributed by atoms with E-state index in [1.165, 1.54) is 96.3 Å². The fourth-order valence-electron chi connectivity index (χ4n) is 6.13. The van der Waals surface area contributed by atoms with Crippen LogP contribution in [-0.4, -0.2) is 52.1 Å². The number of nitriles is 1. The lowest BCUT2D eigenvalue weighted by Gasteiger charge is -2.27. The SMILES string of the molecule is CCCCCCC(=O)N(CCCC/C=C\CCCCCCBr)C(C)C.CCCCCCC(=O)N(CCCC/C=C\CCCCCCC#N)C(C)C. The molecule has 0 saturated heterocycles. The molecule has 298 valence electrons. The first-order valence-electron chi connectivity index (χ1n) is 21.6. The number of hydrogen-bond donors (Lipinski definition) is 0. The summed E-state index contributed by atoms with van der Waals surface area (Å²) in [6, 6.07) is 2.83. The third-order valence-electron chi connectivity index (χ3n) is 9.41. The van der Waals surface area contributed by atoms with Gasteiger partial charge in [-0.3, -0.25) is 9.59 Å². The van der Waals surface area contributed by atoms with Crippen molar-refractivity contribution in [2.75, 3.05) is 18.4 Å². The Morgan fingerprint density at radius 2 is 0.882 bits per heavy atom. The molecule has 2 amide bonds. The lowest BCUT2D eigenvalue weighted by molar-refractivity contribution is -0.134. The molecule has 0 rings (SSSR count). The number of nitrogens with zero attached hydrogens (tertiary/aromatic N) is 3. The first-order chi connectivity index (χ1) is 24.8. The fourth-order valence-corrected chi connectivity index (χ4v) is 6.52. The van der Waals surface area contributed by atoms with Crippen molar-refractivity contribution in [3.63, 3.8) is 0 Å². The van der Waals surface area contributed by atoms with E-state index in [4.69, 9.17) is 5.26 Å². The Morgan fingerprint density at radius 1 is 0.529 bits per heavy atom. The van der Waals surface area contributed by atoms with E-state index in [0.717, 1.165) is 82.6 Å². The standard InChI is InChI=1S/C23H42N2O.C22H42BrNO/c1-4-5-6-16-19-23(26)25(22(2)3)21-18-15-13-11-9-7-8-10-12-14-17-20-24;1-4-5-6-15-18-22(25)24(21(2)3)20-17-14-12-10-8-7-9-11-13-16-19-23/h9,11,22H,4-8,10,12-19,21H2,1-3H3;8,10,21H,4-7,9,11-20H2,1-3H3/b11-9-;10-8-. The molecular weight excluding hydrogens is 694 g/mol. The van der Waals surface area contributed by atoms with Crippen molar-refractivity contribution in [1.29, 1.82) is 5.26 Å². The van der Waals surface area contributed by atoms with Crippen molar-refractivity contribution in [2.45, 2.75) is 227 Å². The van der Waals surface area contributed by atoms with Crippen LogP contribution in [0.3, 0.4) is 0 Å². The molecule has 5 nitrogen and oxygen atoms in total. The molecule has 51 heavy (non-hydrogen) atoms. The van der Waals surface area contributed by atoms with Crippen LogP contribution in [0, 0.1) is 11.3 Å². The molecule has 0 heterocycles. The van der Waals surface area contributed by atoms with Gasteiger partial charge < -0.3 is 9.80 Å². The lowest BCUT2D eigenvalue weighted by atomic mass is 10.1. The molecule has 6 heteroatoms. The Hall–Kier alpha value is -1.61. The maximum atomic E-state index is 12.4. The minimum absolute atomic E-state index is 0.310. The van der Waals surface area contributed by atoms with Gasteiger partial charge in [-0.25, -0.2) is 0 Å². The average molecular weight is 779 g/mol. The zero-order chi connectivity index (χ0) is 38.2. The summed E-state index contributed by atoms with van der Waals surface area (Å²) in [5.41, 5.74) is 0. The van der Waals surface area contributed by atoms with Crippen LogP contribution in [-0.2, 0) is 9.59 Å². The van der Waals surface area contributed by atoms with E-state index in [9.17, 15) is 9.59 Å². The van der Waals surface area contributed by atoms with Crippen LogP contribution in [0.25, 0.3) is 0 Å². The molecule has 0 bridgehead atoms. The van der Waals surface area contributed by atoms with Crippen LogP contribution < -0.4 is 0 Å². The van der Waals surface area contributed by atoms with Gasteiger partial charge in [-0.05, 0) is 118 Å². The topological polar surface area (TPSA) is 64.4 Å². The Balaban J connectivity index is 0. The van der Waals surface area contributed by atoms with Gasteiger partial charge in [-0.1, -0.05) is 118 Å². The predicted octanol–water partition coefficient (Wildman–Crippen LogP) is 14.1. The third kappa shape index (κ3) is 36.5. The van der Waals surface area contributed by atoms with Crippen LogP contribution in [0.4, 0.5) is 0 Å². The van der Waals surface area contributed by atoms with E-state index >= 15 is 0 Å². The highest BCUT2D eigenvalue weighted by atomic mass is 79.9. The van der Waals surface area contributed by atoms with E-state index in [0.29, 0.717) is 36.7 Å². The van der Waals surface area contributed by atoms with Crippen molar-refractivity contribution < 1.29 is 9.59 Å². The van der Waals surface area contributed by atoms with Gasteiger partial charge in [0, 0.05) is 49.8 Å². The Labute approximate surface area is 327 Å². The number of rotatable bonds is 34. The summed E-state index contributed by atoms with van der Waals surface area (Å²) in [6.45, 7) is 14.8. The van der Waals surface area contributed by atoms with Crippen molar-refractivity contribution in [1.82, 2.24) is 9.80 Å². The molecule has 0 fully saturated rings. The highest BCUT2D eigenvalue weighted by molar-refractivity contribution is 9.09. The molecule has 0 saturated carbocycles. The van der Waals surface area contributed by atoms with E-state index in [1.54, 1.807) is 0 Å². The summed E-state index contributed by atoms with van der Waals surface area (Å²) in [4.78, 5) is 28.9. The largest absolute Gasteiger partial charge is 0.340 e. The van der Waals surface area contributed by atoms with Crippen LogP contribution in [0.2, 0.25) is 0 Å². The summed E-state index contributed by atoms with van der Waals surface area (Å²) in [6.07, 6.45) is 40.0. The van der Waals surface area contributed by atoms with Gasteiger partial charge in [0.2, 0.25) is 11.8 Å². The van der Waals surface area contributed by atoms with Crippen LogP contribution in [0.1, 0.15) is 215 Å². The molecule has 0 unspecified atom stereocenters. The van der Waals surface area contributed by atoms with E-state index < -0.39 is 0 Å². The third-order valence-corrected chi connectivity index (χ3v) is 9.97. The van der Waals surface area contributed by atoms with Crippen LogP contribution >= 0.6 is 15.9 Å². The van der Waals surface area contributed by atoms with Crippen molar-refractivity contribution in [3.05, 3.63) is 24.3 Å². The number of unbranched alkanes of at least 4 members (excludes halogenated alkanes) is 19.